The van der Waals surface area contributed by atoms with Crippen LogP contribution in [-0.4, -0.2) is 31.9 Å². The molecule has 3 amide bonds. The van der Waals surface area contributed by atoms with Gasteiger partial charge < -0.3 is 25.4 Å². The topological polar surface area (TPSA) is 106 Å². The third kappa shape index (κ3) is 8.46. The number of nitrogens with one attached hydrogen (secondary N) is 3. The monoisotopic (exact) mass is 693 g/mol. The molecule has 0 aliphatic carbocycles. The Bertz CT molecular complexity index is 2200. The fraction of sp³-hybridized carbons (Fsp3) is 0.0714. The highest BCUT2D eigenvalue weighted by atomic mass is 32.2. The van der Waals surface area contributed by atoms with E-state index in [0.717, 1.165) is 26.9 Å². The van der Waals surface area contributed by atoms with Gasteiger partial charge in [0.2, 0.25) is 5.91 Å². The first-order valence-electron chi connectivity index (χ1n) is 16.1. The molecule has 6 rings (SSSR count). The van der Waals surface area contributed by atoms with Crippen LogP contribution in [0.25, 0.3) is 16.8 Å². The van der Waals surface area contributed by atoms with Crippen molar-refractivity contribution in [3.8, 4) is 11.5 Å². The second kappa shape index (κ2) is 16.4. The number of fused-ring (bicyclic) bond motifs is 1. The molecule has 6 aromatic carbocycles. The summed E-state index contributed by atoms with van der Waals surface area (Å²) in [5.41, 5.74) is 2.94. The first-order chi connectivity index (χ1) is 24.9. The van der Waals surface area contributed by atoms with Crippen LogP contribution in [0.3, 0.4) is 0 Å². The van der Waals surface area contributed by atoms with E-state index < -0.39 is 17.1 Å². The maximum atomic E-state index is 13.9. The Morgan fingerprint density at radius 3 is 2.14 bits per heavy atom. The molecule has 0 heterocycles. The lowest BCUT2D eigenvalue weighted by molar-refractivity contribution is -0.116. The van der Waals surface area contributed by atoms with E-state index in [1.807, 2.05) is 84.9 Å². The zero-order valence-electron chi connectivity index (χ0n) is 28.0. The number of ether oxygens (including phenoxy) is 2. The maximum absolute atomic E-state index is 13.9. The first-order valence-corrected chi connectivity index (χ1v) is 17.0. The van der Waals surface area contributed by atoms with Gasteiger partial charge in [-0.2, -0.15) is 0 Å². The van der Waals surface area contributed by atoms with Gasteiger partial charge in [0, 0.05) is 32.8 Å². The van der Waals surface area contributed by atoms with Gasteiger partial charge in [-0.25, -0.2) is 0 Å². The van der Waals surface area contributed by atoms with Crippen molar-refractivity contribution in [2.24, 2.45) is 0 Å². The molecular weight excluding hydrogens is 659 g/mol. The maximum Gasteiger partial charge on any atom is 0.272 e. The summed E-state index contributed by atoms with van der Waals surface area (Å²) in [4.78, 5) is 41.8. The highest BCUT2D eigenvalue weighted by Gasteiger charge is 2.24. The molecule has 51 heavy (non-hydrogen) atoms. The summed E-state index contributed by atoms with van der Waals surface area (Å²) >= 11 is 1.37. The molecule has 0 saturated carbocycles. The second-order valence-electron chi connectivity index (χ2n) is 11.4. The zero-order valence-corrected chi connectivity index (χ0v) is 28.8. The van der Waals surface area contributed by atoms with Crippen LogP contribution in [0, 0.1) is 0 Å². The lowest BCUT2D eigenvalue weighted by Gasteiger charge is -2.19. The van der Waals surface area contributed by atoms with E-state index >= 15 is 0 Å². The number of anilines is 2. The summed E-state index contributed by atoms with van der Waals surface area (Å²) in [5, 5.41) is 10.2. The molecule has 8 nitrogen and oxygen atoms in total. The van der Waals surface area contributed by atoms with Crippen LogP contribution < -0.4 is 25.4 Å². The number of para-hydroxylation sites is 1. The standard InChI is InChI=1S/C42H35N3O5S/c1-49-37-25-12-20-31(38(37)50-2)26-36(45-40(46)30-17-7-4-8-18-30)41(47)43-32-21-13-22-33(27-32)51-39(29-15-5-3-6-16-29)42(48)44-35-24-11-19-28-14-9-10-23-34(28)35/h3-27,39H,1-2H3,(H,43,47)(H,44,48)(H,45,46)/b36-26+. The van der Waals surface area contributed by atoms with Gasteiger partial charge in [0.15, 0.2) is 11.5 Å². The highest BCUT2D eigenvalue weighted by molar-refractivity contribution is 8.00. The SMILES string of the molecule is COc1cccc(/C=C(/NC(=O)c2ccccc2)C(=O)Nc2cccc(SC(C(=O)Nc3cccc4ccccc34)c3ccccc3)c2)c1OC. The Morgan fingerprint density at radius 1 is 0.686 bits per heavy atom. The minimum absolute atomic E-state index is 0.00918. The number of hydrogen-bond acceptors (Lipinski definition) is 6. The van der Waals surface area contributed by atoms with Crippen LogP contribution >= 0.6 is 11.8 Å². The molecule has 0 radical (unpaired) electrons. The Balaban J connectivity index is 1.27. The zero-order chi connectivity index (χ0) is 35.6. The largest absolute Gasteiger partial charge is 0.493 e. The summed E-state index contributed by atoms with van der Waals surface area (Å²) in [6, 6.07) is 44.4. The number of rotatable bonds is 12. The molecule has 254 valence electrons. The number of carbonyl (C=O) groups is 3. The van der Waals surface area contributed by atoms with Crippen molar-refractivity contribution in [2.75, 3.05) is 24.9 Å². The predicted octanol–water partition coefficient (Wildman–Crippen LogP) is 8.74. The van der Waals surface area contributed by atoms with Crippen molar-refractivity contribution in [1.29, 1.82) is 0 Å². The van der Waals surface area contributed by atoms with E-state index in [-0.39, 0.29) is 11.6 Å². The van der Waals surface area contributed by atoms with Gasteiger partial charge >= 0.3 is 0 Å². The predicted molar refractivity (Wildman–Crippen MR) is 204 cm³/mol. The summed E-state index contributed by atoms with van der Waals surface area (Å²) in [6.07, 6.45) is 1.54. The molecule has 0 fully saturated rings. The van der Waals surface area contributed by atoms with E-state index in [0.29, 0.717) is 28.3 Å². The van der Waals surface area contributed by atoms with Crippen LogP contribution in [-0.2, 0) is 9.59 Å². The summed E-state index contributed by atoms with van der Waals surface area (Å²) in [6.45, 7) is 0. The molecule has 6 aromatic rings. The minimum atomic E-state index is -0.600. The van der Waals surface area contributed by atoms with Crippen molar-refractivity contribution >= 4 is 57.7 Å². The molecule has 1 unspecified atom stereocenters. The van der Waals surface area contributed by atoms with Crippen molar-refractivity contribution in [3.05, 3.63) is 168 Å². The van der Waals surface area contributed by atoms with E-state index in [9.17, 15) is 14.4 Å². The Hall–Kier alpha value is -6.32. The number of carbonyl (C=O) groups excluding carboxylic acids is 3. The minimum Gasteiger partial charge on any atom is -0.493 e. The Labute approximate surface area is 300 Å². The van der Waals surface area contributed by atoms with E-state index in [1.165, 1.54) is 26.0 Å². The smallest absolute Gasteiger partial charge is 0.272 e. The fourth-order valence-electron chi connectivity index (χ4n) is 5.54. The van der Waals surface area contributed by atoms with Gasteiger partial charge in [0.25, 0.3) is 11.8 Å². The summed E-state index contributed by atoms with van der Waals surface area (Å²) < 4.78 is 11.0. The molecule has 9 heteroatoms. The number of hydrogen-bond donors (Lipinski definition) is 3. The molecule has 3 N–H and O–H groups in total. The van der Waals surface area contributed by atoms with Crippen molar-refractivity contribution in [3.63, 3.8) is 0 Å². The number of amides is 3. The van der Waals surface area contributed by atoms with Gasteiger partial charge in [-0.05, 0) is 59.5 Å². The van der Waals surface area contributed by atoms with Crippen LogP contribution in [0.1, 0.15) is 26.7 Å². The lowest BCUT2D eigenvalue weighted by Crippen LogP contribution is -2.30. The molecule has 0 bridgehead atoms. The third-order valence-corrected chi connectivity index (χ3v) is 9.24. The normalized spacial score (nSPS) is 11.7. The molecule has 0 aromatic heterocycles. The summed E-state index contributed by atoms with van der Waals surface area (Å²) in [5.74, 6) is -0.308. The van der Waals surface area contributed by atoms with Crippen molar-refractivity contribution in [2.45, 2.75) is 10.1 Å². The van der Waals surface area contributed by atoms with Crippen molar-refractivity contribution < 1.29 is 23.9 Å². The number of methoxy groups -OCH3 is 2. The average molecular weight is 694 g/mol. The second-order valence-corrected chi connectivity index (χ2v) is 12.5. The number of thioether (sulfide) groups is 1. The molecule has 0 spiro atoms. The van der Waals surface area contributed by atoms with Crippen LogP contribution in [0.2, 0.25) is 0 Å². The molecular formula is C42H35N3O5S. The fourth-order valence-corrected chi connectivity index (χ4v) is 6.62. The Kier molecular flexibility index (Phi) is 11.1. The van der Waals surface area contributed by atoms with Gasteiger partial charge in [0.1, 0.15) is 10.9 Å². The van der Waals surface area contributed by atoms with Crippen molar-refractivity contribution in [1.82, 2.24) is 5.32 Å². The first kappa shape index (κ1) is 34.5. The lowest BCUT2D eigenvalue weighted by atomic mass is 10.1. The highest BCUT2D eigenvalue weighted by Crippen LogP contribution is 2.38. The number of benzene rings is 6. The van der Waals surface area contributed by atoms with Crippen LogP contribution in [0.5, 0.6) is 11.5 Å². The van der Waals surface area contributed by atoms with Gasteiger partial charge in [-0.1, -0.05) is 103 Å². The van der Waals surface area contributed by atoms with Crippen LogP contribution in [0.15, 0.2) is 156 Å². The third-order valence-electron chi connectivity index (χ3n) is 8.00. The summed E-state index contributed by atoms with van der Waals surface area (Å²) in [7, 11) is 3.03. The van der Waals surface area contributed by atoms with E-state index in [1.54, 1.807) is 66.7 Å². The molecule has 0 saturated heterocycles. The van der Waals surface area contributed by atoms with Gasteiger partial charge in [0.05, 0.1) is 14.2 Å². The van der Waals surface area contributed by atoms with Crippen LogP contribution in [0.4, 0.5) is 11.4 Å². The average Bonchev–Trinajstić information content (AvgIpc) is 3.17. The Morgan fingerprint density at radius 2 is 1.37 bits per heavy atom. The van der Waals surface area contributed by atoms with E-state index in [2.05, 4.69) is 16.0 Å². The van der Waals surface area contributed by atoms with Gasteiger partial charge in [-0.15, -0.1) is 11.8 Å². The molecule has 1 atom stereocenters. The van der Waals surface area contributed by atoms with E-state index in [4.69, 9.17) is 9.47 Å². The quantitative estimate of drug-likeness (QED) is 0.0875. The molecule has 0 aliphatic heterocycles. The molecule has 0 aliphatic rings. The van der Waals surface area contributed by atoms with Gasteiger partial charge in [-0.3, -0.25) is 14.4 Å².